The summed E-state index contributed by atoms with van der Waals surface area (Å²) in [7, 11) is -5.14. The van der Waals surface area contributed by atoms with Crippen molar-refractivity contribution in [2.24, 2.45) is 0 Å². The number of hydrogen-bond acceptors (Lipinski definition) is 3. The lowest BCUT2D eigenvalue weighted by atomic mass is 9.97. The van der Waals surface area contributed by atoms with Crippen molar-refractivity contribution in [1.82, 2.24) is 0 Å². The highest BCUT2D eigenvalue weighted by molar-refractivity contribution is 7.42. The monoisotopic (exact) mass is 296 g/mol. The Balaban J connectivity index is 0.000000261. The van der Waals surface area contributed by atoms with Crippen LogP contribution >= 0.6 is 7.82 Å². The Morgan fingerprint density at radius 2 is 1.00 bits per heavy atom. The van der Waals surface area contributed by atoms with Gasteiger partial charge in [-0.3, -0.25) is 0 Å². The largest absolute Gasteiger partial charge is 0.790 e. The summed E-state index contributed by atoms with van der Waals surface area (Å²) in [6, 6.07) is 1.57. The first-order valence-electron chi connectivity index (χ1n) is 7.20. The molecule has 2 aliphatic carbocycles. The Kier molecular flexibility index (Phi) is 10.8. The maximum absolute atomic E-state index is 8.66. The summed E-state index contributed by atoms with van der Waals surface area (Å²) in [6.45, 7) is 0. The second-order valence-corrected chi connectivity index (χ2v) is 6.41. The van der Waals surface area contributed by atoms with Crippen molar-refractivity contribution in [1.29, 1.82) is 0 Å². The first-order valence-corrected chi connectivity index (χ1v) is 8.69. The predicted molar refractivity (Wildman–Crippen MR) is 69.3 cm³/mol. The summed E-state index contributed by atoms with van der Waals surface area (Å²) >= 11 is 0. The zero-order chi connectivity index (χ0) is 14.7. The van der Waals surface area contributed by atoms with Crippen LogP contribution in [0.25, 0.3) is 0 Å². The van der Waals surface area contributed by atoms with E-state index in [0.717, 1.165) is 12.1 Å². The van der Waals surface area contributed by atoms with Crippen LogP contribution in [0.15, 0.2) is 0 Å². The molecule has 0 radical (unpaired) electrons. The lowest BCUT2D eigenvalue weighted by Gasteiger charge is -2.19. The molecular formula is C12H29N2O4P. The molecule has 0 aromatic carbocycles. The van der Waals surface area contributed by atoms with Gasteiger partial charge in [-0.2, -0.15) is 0 Å². The quantitative estimate of drug-likeness (QED) is 0.490. The van der Waals surface area contributed by atoms with Crippen LogP contribution in [0.3, 0.4) is 0 Å². The van der Waals surface area contributed by atoms with E-state index in [1.807, 2.05) is 0 Å². The van der Waals surface area contributed by atoms with Gasteiger partial charge in [-0.1, -0.05) is 12.8 Å². The van der Waals surface area contributed by atoms with Gasteiger partial charge in [0.15, 0.2) is 0 Å². The van der Waals surface area contributed by atoms with Crippen molar-refractivity contribution >= 4 is 7.82 Å². The van der Waals surface area contributed by atoms with Crippen molar-refractivity contribution in [2.45, 2.75) is 76.3 Å². The molecular weight excluding hydrogens is 267 g/mol. The lowest BCUT2D eigenvalue weighted by molar-refractivity contribution is -0.425. The standard InChI is InChI=1S/2C6H13N.H3O4P/c2*7-6-4-2-1-3-5-6;1-5(2,3)4/h2*6H,1-5,7H2;(H3,1,2,3,4). The van der Waals surface area contributed by atoms with Crippen molar-refractivity contribution < 1.29 is 30.7 Å². The summed E-state index contributed by atoms with van der Waals surface area (Å²) in [5.41, 5.74) is 8.00. The molecule has 0 aromatic rings. The van der Waals surface area contributed by atoms with Crippen molar-refractivity contribution in [3.63, 3.8) is 0 Å². The van der Waals surface area contributed by atoms with E-state index in [9.17, 15) is 0 Å². The molecule has 7 heteroatoms. The Bertz CT molecular complexity index is 224. The third kappa shape index (κ3) is 18.0. The molecule has 0 spiro atoms. The van der Waals surface area contributed by atoms with Crippen molar-refractivity contribution in [3.8, 4) is 0 Å². The molecule has 19 heavy (non-hydrogen) atoms. The third-order valence-electron chi connectivity index (χ3n) is 3.45. The Morgan fingerprint density at radius 3 is 1.11 bits per heavy atom. The Morgan fingerprint density at radius 1 is 0.789 bits per heavy atom. The molecule has 6 nitrogen and oxygen atoms in total. The second kappa shape index (κ2) is 10.8. The molecule has 2 saturated carbocycles. The smallest absolute Gasteiger partial charge is 0.0843 e. The van der Waals surface area contributed by atoms with Gasteiger partial charge in [0.05, 0.1) is 19.9 Å². The molecule has 116 valence electrons. The molecule has 0 saturated heterocycles. The molecule has 0 amide bonds. The Hall–Kier alpha value is 0.0300. The molecule has 0 atom stereocenters. The third-order valence-corrected chi connectivity index (χ3v) is 3.45. The van der Waals surface area contributed by atoms with Crippen LogP contribution < -0.4 is 21.3 Å². The number of quaternary nitrogens is 2. The van der Waals surface area contributed by atoms with Crippen LogP contribution in [0.4, 0.5) is 0 Å². The van der Waals surface area contributed by atoms with E-state index in [1.165, 1.54) is 64.2 Å². The first kappa shape index (κ1) is 19.0. The summed E-state index contributed by atoms with van der Waals surface area (Å²) < 4.78 is 8.66. The normalized spacial score (nSPS) is 21.7. The minimum Gasteiger partial charge on any atom is -0.790 e. The van der Waals surface area contributed by atoms with E-state index in [2.05, 4.69) is 11.5 Å². The average molecular weight is 296 g/mol. The number of rotatable bonds is 0. The van der Waals surface area contributed by atoms with Crippen LogP contribution in [0.1, 0.15) is 64.2 Å². The molecule has 7 N–H and O–H groups in total. The molecule has 0 bridgehead atoms. The van der Waals surface area contributed by atoms with Gasteiger partial charge in [0.1, 0.15) is 0 Å². The van der Waals surface area contributed by atoms with Gasteiger partial charge in [-0.05, 0) is 51.4 Å². The molecule has 2 aliphatic rings. The van der Waals surface area contributed by atoms with E-state index in [-0.39, 0.29) is 0 Å². The van der Waals surface area contributed by atoms with Crippen LogP contribution in [0.2, 0.25) is 0 Å². The maximum atomic E-state index is 8.66. The van der Waals surface area contributed by atoms with Crippen LogP contribution in [0, 0.1) is 0 Å². The SMILES string of the molecule is O=P([O-])([O-])O.[NH3+]C1CCCCC1.[NH3+]C1CCCCC1. The van der Waals surface area contributed by atoms with E-state index in [0.29, 0.717) is 0 Å². The number of phosphoric acid groups is 1. The van der Waals surface area contributed by atoms with Gasteiger partial charge >= 0.3 is 0 Å². The lowest BCUT2D eigenvalue weighted by Crippen LogP contribution is -2.61. The van der Waals surface area contributed by atoms with Gasteiger partial charge in [-0.15, -0.1) is 0 Å². The van der Waals surface area contributed by atoms with Gasteiger partial charge in [0.2, 0.25) is 0 Å². The average Bonchev–Trinajstić information content (AvgIpc) is 2.29. The highest BCUT2D eigenvalue weighted by Crippen LogP contribution is 2.14. The van der Waals surface area contributed by atoms with Gasteiger partial charge < -0.3 is 30.7 Å². The fourth-order valence-electron chi connectivity index (χ4n) is 2.37. The molecule has 0 unspecified atom stereocenters. The van der Waals surface area contributed by atoms with E-state index in [1.54, 1.807) is 0 Å². The van der Waals surface area contributed by atoms with E-state index in [4.69, 9.17) is 19.2 Å². The maximum Gasteiger partial charge on any atom is 0.0843 e. The summed E-state index contributed by atoms with van der Waals surface area (Å²) in [4.78, 5) is 24.3. The minimum absolute atomic E-state index is 0.786. The summed E-state index contributed by atoms with van der Waals surface area (Å²) in [5, 5.41) is 0. The highest BCUT2D eigenvalue weighted by atomic mass is 31.2. The van der Waals surface area contributed by atoms with Gasteiger partial charge in [0.25, 0.3) is 0 Å². The zero-order valence-electron chi connectivity index (χ0n) is 11.8. The molecule has 2 fully saturated rings. The van der Waals surface area contributed by atoms with E-state index < -0.39 is 7.82 Å². The fourth-order valence-corrected chi connectivity index (χ4v) is 2.37. The summed E-state index contributed by atoms with van der Waals surface area (Å²) in [6.07, 6.45) is 14.1. The van der Waals surface area contributed by atoms with Crippen molar-refractivity contribution in [2.75, 3.05) is 0 Å². The fraction of sp³-hybridized carbons (Fsp3) is 1.00. The van der Waals surface area contributed by atoms with E-state index >= 15 is 0 Å². The topological polar surface area (TPSA) is 139 Å². The second-order valence-electron chi connectivity index (χ2n) is 5.48. The Labute approximate surface area is 115 Å². The predicted octanol–water partition coefficient (Wildman–Crippen LogP) is -1.07. The van der Waals surface area contributed by atoms with Gasteiger partial charge in [0, 0.05) is 0 Å². The van der Waals surface area contributed by atoms with Crippen LogP contribution in [-0.4, -0.2) is 17.0 Å². The highest BCUT2D eigenvalue weighted by Gasteiger charge is 2.10. The zero-order valence-corrected chi connectivity index (χ0v) is 12.7. The molecule has 2 rings (SSSR count). The molecule has 0 heterocycles. The minimum atomic E-state index is -5.14. The van der Waals surface area contributed by atoms with Gasteiger partial charge in [-0.25, -0.2) is 0 Å². The first-order chi connectivity index (χ1) is 8.79. The van der Waals surface area contributed by atoms with Crippen LogP contribution in [0.5, 0.6) is 0 Å². The molecule has 0 aliphatic heterocycles. The molecule has 0 aromatic heterocycles. The summed E-state index contributed by atoms with van der Waals surface area (Å²) in [5.74, 6) is 0. The van der Waals surface area contributed by atoms with Crippen molar-refractivity contribution in [3.05, 3.63) is 0 Å². The van der Waals surface area contributed by atoms with Crippen LogP contribution in [-0.2, 0) is 4.57 Å². The number of hydrogen-bond donors (Lipinski definition) is 3.